The molecule has 8 heteroatoms. The summed E-state index contributed by atoms with van der Waals surface area (Å²) in [5, 5.41) is 3.48. The van der Waals surface area contributed by atoms with Crippen LogP contribution in [-0.2, 0) is 9.59 Å². The second-order valence-corrected chi connectivity index (χ2v) is 8.08. The Hall–Kier alpha value is -1.83. The van der Waals surface area contributed by atoms with Crippen molar-refractivity contribution in [2.75, 3.05) is 59.9 Å². The molecule has 0 aromatic carbocycles. The Labute approximate surface area is 162 Å². The Bertz CT molecular complexity index is 561. The minimum atomic E-state index is -0.0580. The highest BCUT2D eigenvalue weighted by Gasteiger charge is 2.32. The van der Waals surface area contributed by atoms with Crippen LogP contribution in [0.25, 0.3) is 0 Å². The maximum Gasteiger partial charge on any atom is 0.243 e. The van der Waals surface area contributed by atoms with Crippen LogP contribution in [0.5, 0.6) is 0 Å². The highest BCUT2D eigenvalue weighted by Crippen LogP contribution is 2.20. The first-order valence-corrected chi connectivity index (χ1v) is 10.2. The highest BCUT2D eigenvalue weighted by atomic mass is 16.2. The molecule has 1 saturated carbocycles. The number of aliphatic imine (C=N–C) groups is 1. The molecule has 0 bridgehead atoms. The zero-order chi connectivity index (χ0) is 19.4. The number of likely N-dealkylation sites (N-methyl/N-ethyl adjacent to an activating group) is 1. The number of hydrogen-bond acceptors (Lipinski definition) is 4. The van der Waals surface area contributed by atoms with Gasteiger partial charge in [-0.2, -0.15) is 0 Å². The Morgan fingerprint density at radius 2 is 1.67 bits per heavy atom. The van der Waals surface area contributed by atoms with Crippen molar-refractivity contribution < 1.29 is 9.59 Å². The zero-order valence-electron chi connectivity index (χ0n) is 17.0. The molecule has 3 aliphatic rings. The Kier molecular flexibility index (Phi) is 6.57. The zero-order valence-corrected chi connectivity index (χ0v) is 17.0. The number of piperazine rings is 1. The Morgan fingerprint density at radius 1 is 1.04 bits per heavy atom. The molecule has 0 radical (unpaired) electrons. The van der Waals surface area contributed by atoms with Gasteiger partial charge in [0.2, 0.25) is 11.8 Å². The van der Waals surface area contributed by atoms with Crippen LogP contribution in [0.4, 0.5) is 0 Å². The van der Waals surface area contributed by atoms with E-state index in [-0.39, 0.29) is 24.4 Å². The van der Waals surface area contributed by atoms with Crippen molar-refractivity contribution in [3.05, 3.63) is 0 Å². The van der Waals surface area contributed by atoms with E-state index in [1.807, 2.05) is 11.8 Å². The molecule has 0 aromatic rings. The van der Waals surface area contributed by atoms with Gasteiger partial charge in [-0.1, -0.05) is 0 Å². The van der Waals surface area contributed by atoms with Gasteiger partial charge in [-0.25, -0.2) is 4.99 Å². The van der Waals surface area contributed by atoms with Crippen LogP contribution in [0.1, 0.15) is 32.6 Å². The van der Waals surface area contributed by atoms with Crippen molar-refractivity contribution in [2.45, 2.75) is 44.7 Å². The number of nitrogens with zero attached hydrogens (tertiary/aromatic N) is 5. The number of likely N-dealkylation sites (tertiary alicyclic amines) is 1. The summed E-state index contributed by atoms with van der Waals surface area (Å²) < 4.78 is 0. The molecule has 2 aliphatic heterocycles. The minimum absolute atomic E-state index is 0.00793. The molecule has 1 unspecified atom stereocenters. The summed E-state index contributed by atoms with van der Waals surface area (Å²) in [6, 6.07) is 0.434. The minimum Gasteiger partial charge on any atom is -0.353 e. The standard InChI is InChI=1S/C19H34N6O2/c1-15(18(27)24-8-4-5-9-24)23-10-12-25(13-11-23)19(21-16-6-7-16)20-14-17(26)22(2)3/h15-16H,4-14H2,1-3H3,(H,20,21). The van der Waals surface area contributed by atoms with Gasteiger partial charge in [0.1, 0.15) is 6.54 Å². The summed E-state index contributed by atoms with van der Waals surface area (Å²) >= 11 is 0. The smallest absolute Gasteiger partial charge is 0.243 e. The molecular weight excluding hydrogens is 344 g/mol. The third-order valence-corrected chi connectivity index (χ3v) is 5.71. The molecule has 0 spiro atoms. The van der Waals surface area contributed by atoms with Crippen LogP contribution < -0.4 is 5.32 Å². The molecule has 1 aliphatic carbocycles. The van der Waals surface area contributed by atoms with E-state index in [9.17, 15) is 9.59 Å². The topological polar surface area (TPSA) is 71.5 Å². The number of nitrogens with one attached hydrogen (secondary N) is 1. The predicted molar refractivity (Wildman–Crippen MR) is 106 cm³/mol. The van der Waals surface area contributed by atoms with Crippen LogP contribution in [0.2, 0.25) is 0 Å². The third kappa shape index (κ3) is 5.34. The van der Waals surface area contributed by atoms with Gasteiger partial charge < -0.3 is 20.0 Å². The van der Waals surface area contributed by atoms with E-state index in [1.54, 1.807) is 19.0 Å². The number of amides is 2. The van der Waals surface area contributed by atoms with Crippen LogP contribution in [0, 0.1) is 0 Å². The lowest BCUT2D eigenvalue weighted by molar-refractivity contribution is -0.135. The van der Waals surface area contributed by atoms with Crippen molar-refractivity contribution in [3.63, 3.8) is 0 Å². The van der Waals surface area contributed by atoms with Gasteiger partial charge in [0.25, 0.3) is 0 Å². The molecule has 1 N–H and O–H groups in total. The molecule has 3 rings (SSSR count). The number of carbonyl (C=O) groups excluding carboxylic acids is 2. The predicted octanol–water partition coefficient (Wildman–Crippen LogP) is -0.189. The maximum atomic E-state index is 12.6. The van der Waals surface area contributed by atoms with E-state index in [2.05, 4.69) is 20.1 Å². The fourth-order valence-electron chi connectivity index (χ4n) is 3.61. The van der Waals surface area contributed by atoms with E-state index in [1.165, 1.54) is 12.8 Å². The fourth-order valence-corrected chi connectivity index (χ4v) is 3.61. The van der Waals surface area contributed by atoms with Gasteiger partial charge in [0, 0.05) is 59.4 Å². The quantitative estimate of drug-likeness (QED) is 0.530. The monoisotopic (exact) mass is 378 g/mol. The molecule has 3 fully saturated rings. The van der Waals surface area contributed by atoms with Crippen LogP contribution in [0.3, 0.4) is 0 Å². The molecule has 1 atom stereocenters. The van der Waals surface area contributed by atoms with Gasteiger partial charge in [0.05, 0.1) is 6.04 Å². The lowest BCUT2D eigenvalue weighted by Gasteiger charge is -2.39. The molecule has 8 nitrogen and oxygen atoms in total. The lowest BCUT2D eigenvalue weighted by Crippen LogP contribution is -2.57. The van der Waals surface area contributed by atoms with E-state index < -0.39 is 0 Å². The average Bonchev–Trinajstić information content (AvgIpc) is 3.32. The van der Waals surface area contributed by atoms with Gasteiger partial charge in [-0.05, 0) is 32.6 Å². The van der Waals surface area contributed by atoms with Crippen molar-refractivity contribution in [3.8, 4) is 0 Å². The summed E-state index contributed by atoms with van der Waals surface area (Å²) in [5.74, 6) is 1.11. The van der Waals surface area contributed by atoms with Gasteiger partial charge in [-0.3, -0.25) is 14.5 Å². The van der Waals surface area contributed by atoms with Gasteiger partial charge >= 0.3 is 0 Å². The molecule has 2 heterocycles. The third-order valence-electron chi connectivity index (χ3n) is 5.71. The maximum absolute atomic E-state index is 12.6. The summed E-state index contributed by atoms with van der Waals surface area (Å²) in [6.07, 6.45) is 4.60. The first-order valence-electron chi connectivity index (χ1n) is 10.2. The first kappa shape index (κ1) is 19.9. The van der Waals surface area contributed by atoms with Crippen LogP contribution in [-0.4, -0.2) is 109 Å². The lowest BCUT2D eigenvalue weighted by atomic mass is 10.2. The van der Waals surface area contributed by atoms with E-state index in [0.717, 1.165) is 58.1 Å². The second kappa shape index (κ2) is 8.91. The van der Waals surface area contributed by atoms with E-state index >= 15 is 0 Å². The van der Waals surface area contributed by atoms with Crippen molar-refractivity contribution in [1.82, 2.24) is 24.9 Å². The Morgan fingerprint density at radius 3 is 2.22 bits per heavy atom. The Balaban J connectivity index is 1.54. The summed E-state index contributed by atoms with van der Waals surface area (Å²) in [5.41, 5.74) is 0. The largest absolute Gasteiger partial charge is 0.353 e. The summed E-state index contributed by atoms with van der Waals surface area (Å²) in [7, 11) is 3.51. The normalized spacial score (nSPS) is 22.7. The van der Waals surface area contributed by atoms with Gasteiger partial charge in [-0.15, -0.1) is 0 Å². The van der Waals surface area contributed by atoms with Crippen LogP contribution >= 0.6 is 0 Å². The molecule has 0 aromatic heterocycles. The van der Waals surface area contributed by atoms with Crippen molar-refractivity contribution in [1.29, 1.82) is 0 Å². The number of hydrogen-bond donors (Lipinski definition) is 1. The molecule has 27 heavy (non-hydrogen) atoms. The average molecular weight is 379 g/mol. The second-order valence-electron chi connectivity index (χ2n) is 8.08. The van der Waals surface area contributed by atoms with E-state index in [4.69, 9.17) is 0 Å². The van der Waals surface area contributed by atoms with Crippen molar-refractivity contribution in [2.24, 2.45) is 4.99 Å². The van der Waals surface area contributed by atoms with Gasteiger partial charge in [0.15, 0.2) is 5.96 Å². The SMILES string of the molecule is CC(C(=O)N1CCCC1)N1CCN(C(=NCC(=O)N(C)C)NC2CC2)CC1. The summed E-state index contributed by atoms with van der Waals surface area (Å²) in [6.45, 7) is 7.35. The highest BCUT2D eigenvalue weighted by molar-refractivity contribution is 5.85. The molecule has 2 amide bonds. The van der Waals surface area contributed by atoms with Crippen LogP contribution in [0.15, 0.2) is 4.99 Å². The number of carbonyl (C=O) groups is 2. The first-order chi connectivity index (χ1) is 13.0. The molecular formula is C19H34N6O2. The molecule has 2 saturated heterocycles. The molecule has 152 valence electrons. The summed E-state index contributed by atoms with van der Waals surface area (Å²) in [4.78, 5) is 37.2. The van der Waals surface area contributed by atoms with Crippen molar-refractivity contribution >= 4 is 17.8 Å². The number of rotatable bonds is 5. The fraction of sp³-hybridized carbons (Fsp3) is 0.842. The number of guanidine groups is 1. The van der Waals surface area contributed by atoms with E-state index in [0.29, 0.717) is 6.04 Å².